The third-order valence-electron chi connectivity index (χ3n) is 6.36. The van der Waals surface area contributed by atoms with Gasteiger partial charge in [-0.05, 0) is 65.0 Å². The van der Waals surface area contributed by atoms with E-state index in [4.69, 9.17) is 9.37 Å². The number of methoxy groups -OCH3 is 1. The third-order valence-corrected chi connectivity index (χ3v) is 6.36. The van der Waals surface area contributed by atoms with E-state index in [1.165, 1.54) is 16.7 Å². The van der Waals surface area contributed by atoms with Crippen LogP contribution in [0.3, 0.4) is 0 Å². The van der Waals surface area contributed by atoms with Crippen molar-refractivity contribution in [1.82, 2.24) is 20.1 Å². The Labute approximate surface area is 177 Å². The smallest absolute Gasteiger partial charge is 0.139 e. The van der Waals surface area contributed by atoms with Gasteiger partial charge in [-0.2, -0.15) is 0 Å². The number of aliphatic hydroxyl groups is 1. The zero-order valence-corrected chi connectivity index (χ0v) is 18.0. The molecule has 1 N–H and O–H groups in total. The van der Waals surface area contributed by atoms with Gasteiger partial charge in [-0.1, -0.05) is 18.2 Å². The first-order valence-electron chi connectivity index (χ1n) is 10.5. The molecule has 0 amide bonds. The van der Waals surface area contributed by atoms with Crippen LogP contribution in [0.15, 0.2) is 35.0 Å². The number of aromatic nitrogens is 2. The van der Waals surface area contributed by atoms with Crippen LogP contribution in [-0.2, 0) is 13.1 Å². The first-order valence-corrected chi connectivity index (χ1v) is 10.5. The Morgan fingerprint density at radius 2 is 1.93 bits per heavy atom. The molecule has 7 heteroatoms. The van der Waals surface area contributed by atoms with E-state index >= 15 is 0 Å². The molecule has 0 unspecified atom stereocenters. The maximum atomic E-state index is 9.67. The summed E-state index contributed by atoms with van der Waals surface area (Å²) in [4.78, 5) is 4.94. The molecule has 2 aromatic carbocycles. The van der Waals surface area contributed by atoms with Crippen molar-refractivity contribution in [3.63, 3.8) is 0 Å². The zero-order chi connectivity index (χ0) is 21.1. The summed E-state index contributed by atoms with van der Waals surface area (Å²) >= 11 is 0. The number of fused-ring (bicyclic) bond motifs is 1. The fourth-order valence-corrected chi connectivity index (χ4v) is 4.43. The van der Waals surface area contributed by atoms with Crippen LogP contribution in [0.25, 0.3) is 11.0 Å². The van der Waals surface area contributed by atoms with Crippen LogP contribution in [0.4, 0.5) is 0 Å². The molecule has 1 fully saturated rings. The lowest BCUT2D eigenvalue weighted by molar-refractivity contribution is 0.0500. The second-order valence-corrected chi connectivity index (χ2v) is 8.10. The van der Waals surface area contributed by atoms with Crippen molar-refractivity contribution in [2.75, 3.05) is 33.4 Å². The SMILES string of the molecule is COc1ccc(CN2CCN(Cc3cccc4nonc34)C[C@@H]2CCO)c(C)c1C. The molecule has 0 spiro atoms. The number of aliphatic hydroxyl groups excluding tert-OH is 1. The first-order chi connectivity index (χ1) is 14.6. The van der Waals surface area contributed by atoms with E-state index in [1.807, 2.05) is 12.1 Å². The van der Waals surface area contributed by atoms with E-state index in [9.17, 15) is 5.11 Å². The van der Waals surface area contributed by atoms with Gasteiger partial charge in [0, 0.05) is 45.4 Å². The van der Waals surface area contributed by atoms with Crippen molar-refractivity contribution in [3.05, 3.63) is 52.6 Å². The molecule has 0 radical (unpaired) electrons. The normalized spacial score (nSPS) is 18.2. The third kappa shape index (κ3) is 4.19. The summed E-state index contributed by atoms with van der Waals surface area (Å²) < 4.78 is 10.4. The minimum Gasteiger partial charge on any atom is -0.496 e. The van der Waals surface area contributed by atoms with Gasteiger partial charge in [0.25, 0.3) is 0 Å². The van der Waals surface area contributed by atoms with Crippen molar-refractivity contribution in [2.24, 2.45) is 0 Å². The van der Waals surface area contributed by atoms with E-state index in [1.54, 1.807) is 7.11 Å². The van der Waals surface area contributed by atoms with E-state index in [2.05, 4.69) is 52.2 Å². The highest BCUT2D eigenvalue weighted by Gasteiger charge is 2.27. The lowest BCUT2D eigenvalue weighted by Gasteiger charge is -2.41. The van der Waals surface area contributed by atoms with Crippen molar-refractivity contribution < 1.29 is 14.5 Å². The van der Waals surface area contributed by atoms with Crippen molar-refractivity contribution in [2.45, 2.75) is 39.4 Å². The number of nitrogens with zero attached hydrogens (tertiary/aromatic N) is 4. The summed E-state index contributed by atoms with van der Waals surface area (Å²) in [7, 11) is 1.72. The molecule has 1 aliphatic heterocycles. The maximum Gasteiger partial charge on any atom is 0.139 e. The number of hydrogen-bond acceptors (Lipinski definition) is 7. The second-order valence-electron chi connectivity index (χ2n) is 8.10. The van der Waals surface area contributed by atoms with Crippen LogP contribution in [-0.4, -0.2) is 64.6 Å². The molecule has 160 valence electrons. The number of hydrogen-bond donors (Lipinski definition) is 1. The quantitative estimate of drug-likeness (QED) is 0.642. The lowest BCUT2D eigenvalue weighted by atomic mass is 10.00. The van der Waals surface area contributed by atoms with Gasteiger partial charge in [0.1, 0.15) is 16.8 Å². The molecule has 1 aliphatic rings. The predicted octanol–water partition coefficient (Wildman–Crippen LogP) is 2.92. The van der Waals surface area contributed by atoms with Crippen LogP contribution in [0.1, 0.15) is 28.7 Å². The zero-order valence-electron chi connectivity index (χ0n) is 18.0. The fraction of sp³-hybridized carbons (Fsp3) is 0.478. The Bertz CT molecular complexity index is 1000. The number of rotatable bonds is 7. The molecular formula is C23H30N4O3. The van der Waals surface area contributed by atoms with Gasteiger partial charge < -0.3 is 9.84 Å². The van der Waals surface area contributed by atoms with E-state index in [0.29, 0.717) is 6.04 Å². The minimum absolute atomic E-state index is 0.193. The Morgan fingerprint density at radius 3 is 2.73 bits per heavy atom. The predicted molar refractivity (Wildman–Crippen MR) is 115 cm³/mol. The van der Waals surface area contributed by atoms with E-state index < -0.39 is 0 Å². The standard InChI is InChI=1S/C23H30N4O3/c1-16-17(2)22(29-3)8-7-18(16)14-27-11-10-26(15-20(27)9-12-28)13-19-5-4-6-21-23(19)25-30-24-21/h4-8,20,28H,9-15H2,1-3H3/t20-/m0/s1. The van der Waals surface area contributed by atoms with Crippen molar-refractivity contribution in [1.29, 1.82) is 0 Å². The highest BCUT2D eigenvalue weighted by atomic mass is 16.6. The molecule has 1 atom stereocenters. The average molecular weight is 411 g/mol. The second kappa shape index (κ2) is 9.12. The van der Waals surface area contributed by atoms with Crippen LogP contribution >= 0.6 is 0 Å². The molecule has 0 saturated carbocycles. The van der Waals surface area contributed by atoms with Gasteiger partial charge in [0.15, 0.2) is 0 Å². The topological polar surface area (TPSA) is 74.9 Å². The molecule has 4 rings (SSSR count). The summed E-state index contributed by atoms with van der Waals surface area (Å²) in [6, 6.07) is 10.5. The molecule has 0 aliphatic carbocycles. The van der Waals surface area contributed by atoms with Gasteiger partial charge in [-0.3, -0.25) is 9.80 Å². The monoisotopic (exact) mass is 410 g/mol. The van der Waals surface area contributed by atoms with Crippen LogP contribution in [0, 0.1) is 13.8 Å². The molecule has 1 saturated heterocycles. The summed E-state index contributed by atoms with van der Waals surface area (Å²) in [5.74, 6) is 0.935. The highest BCUT2D eigenvalue weighted by Crippen LogP contribution is 2.27. The Balaban J connectivity index is 1.47. The number of benzene rings is 2. The Kier molecular flexibility index (Phi) is 6.32. The van der Waals surface area contributed by atoms with Crippen LogP contribution in [0.5, 0.6) is 5.75 Å². The average Bonchev–Trinajstić information content (AvgIpc) is 3.23. The highest BCUT2D eigenvalue weighted by molar-refractivity contribution is 5.76. The maximum absolute atomic E-state index is 9.67. The number of piperazine rings is 1. The minimum atomic E-state index is 0.193. The molecule has 7 nitrogen and oxygen atoms in total. The van der Waals surface area contributed by atoms with Crippen LogP contribution < -0.4 is 4.74 Å². The van der Waals surface area contributed by atoms with Gasteiger partial charge >= 0.3 is 0 Å². The van der Waals surface area contributed by atoms with Gasteiger partial charge in [-0.25, -0.2) is 4.63 Å². The van der Waals surface area contributed by atoms with Crippen molar-refractivity contribution >= 4 is 11.0 Å². The summed E-state index contributed by atoms with van der Waals surface area (Å²) in [5, 5.41) is 17.7. The van der Waals surface area contributed by atoms with Gasteiger partial charge in [0.05, 0.1) is 7.11 Å². The molecular weight excluding hydrogens is 380 g/mol. The van der Waals surface area contributed by atoms with Crippen LogP contribution in [0.2, 0.25) is 0 Å². The number of ether oxygens (including phenoxy) is 1. The van der Waals surface area contributed by atoms with Crippen molar-refractivity contribution in [3.8, 4) is 5.75 Å². The Hall–Kier alpha value is -2.48. The van der Waals surface area contributed by atoms with Gasteiger partial charge in [0.2, 0.25) is 0 Å². The molecule has 2 heterocycles. The summed E-state index contributed by atoms with van der Waals surface area (Å²) in [6.45, 7) is 9.01. The molecule has 3 aromatic rings. The molecule has 0 bridgehead atoms. The largest absolute Gasteiger partial charge is 0.496 e. The molecule has 30 heavy (non-hydrogen) atoms. The molecule has 1 aromatic heterocycles. The van der Waals surface area contributed by atoms with E-state index in [-0.39, 0.29) is 6.61 Å². The summed E-state index contributed by atoms with van der Waals surface area (Å²) in [6.07, 6.45) is 0.764. The first kappa shape index (κ1) is 20.8. The Morgan fingerprint density at radius 1 is 1.07 bits per heavy atom. The van der Waals surface area contributed by atoms with E-state index in [0.717, 1.165) is 61.5 Å². The summed E-state index contributed by atoms with van der Waals surface area (Å²) in [5.41, 5.74) is 6.56. The van der Waals surface area contributed by atoms with Gasteiger partial charge in [-0.15, -0.1) is 0 Å². The fourth-order valence-electron chi connectivity index (χ4n) is 4.43. The lowest BCUT2D eigenvalue weighted by Crippen LogP contribution is -2.52.